The van der Waals surface area contributed by atoms with E-state index in [2.05, 4.69) is 10.6 Å². The Morgan fingerprint density at radius 2 is 1.68 bits per heavy atom. The molecule has 2 aromatic carbocycles. The molecule has 148 valence electrons. The number of fused-ring (bicyclic) bond motifs is 1. The third kappa shape index (κ3) is 4.80. The van der Waals surface area contributed by atoms with Crippen LogP contribution in [0.3, 0.4) is 0 Å². The first kappa shape index (κ1) is 19.7. The molecule has 0 spiro atoms. The summed E-state index contributed by atoms with van der Waals surface area (Å²) in [6.45, 7) is 2.80. The second kappa shape index (κ2) is 8.75. The van der Waals surface area contributed by atoms with Crippen LogP contribution >= 0.6 is 0 Å². The van der Waals surface area contributed by atoms with E-state index in [0.29, 0.717) is 18.0 Å². The first-order chi connectivity index (χ1) is 13.4. The Hall–Kier alpha value is -3.06. The Bertz CT molecular complexity index is 849. The molecule has 2 N–H and O–H groups in total. The quantitative estimate of drug-likeness (QED) is 0.743. The van der Waals surface area contributed by atoms with Gasteiger partial charge in [0.2, 0.25) is 6.79 Å². The molecule has 0 radical (unpaired) electrons. The Kier molecular flexibility index (Phi) is 6.16. The highest BCUT2D eigenvalue weighted by atomic mass is 16.7. The number of nitrogens with one attached hydrogen (secondary N) is 2. The van der Waals surface area contributed by atoms with Crippen LogP contribution < -0.4 is 20.1 Å². The van der Waals surface area contributed by atoms with Gasteiger partial charge >= 0.3 is 11.8 Å². The summed E-state index contributed by atoms with van der Waals surface area (Å²) in [5, 5.41) is 5.35. The fraction of sp³-hybridized carbons (Fsp3) is 0.333. The van der Waals surface area contributed by atoms with Crippen LogP contribution in [-0.4, -0.2) is 44.1 Å². The first-order valence-electron chi connectivity index (χ1n) is 9.11. The Balaban J connectivity index is 1.51. The fourth-order valence-electron chi connectivity index (χ4n) is 2.97. The van der Waals surface area contributed by atoms with E-state index in [-0.39, 0.29) is 19.4 Å². The summed E-state index contributed by atoms with van der Waals surface area (Å²) in [5.74, 6) is 0.000518. The molecule has 3 rings (SSSR count). The highest BCUT2D eigenvalue weighted by Crippen LogP contribution is 2.32. The van der Waals surface area contributed by atoms with E-state index in [1.807, 2.05) is 56.3 Å². The zero-order valence-corrected chi connectivity index (χ0v) is 16.3. The lowest BCUT2D eigenvalue weighted by atomic mass is 10.0. The number of hydrogen-bond acceptors (Lipinski definition) is 5. The number of benzene rings is 2. The summed E-state index contributed by atoms with van der Waals surface area (Å²) in [4.78, 5) is 26.3. The van der Waals surface area contributed by atoms with Gasteiger partial charge in [0.05, 0.1) is 6.04 Å². The molecule has 0 aliphatic carbocycles. The van der Waals surface area contributed by atoms with Crippen LogP contribution in [0.25, 0.3) is 0 Å². The number of carbonyl (C=O) groups is 2. The van der Waals surface area contributed by atoms with E-state index in [1.54, 1.807) is 12.1 Å². The highest BCUT2D eigenvalue weighted by molar-refractivity contribution is 6.35. The van der Waals surface area contributed by atoms with E-state index >= 15 is 0 Å². The van der Waals surface area contributed by atoms with Gasteiger partial charge in [0, 0.05) is 13.1 Å². The van der Waals surface area contributed by atoms with Crippen molar-refractivity contribution in [3.05, 3.63) is 59.2 Å². The van der Waals surface area contributed by atoms with Crippen molar-refractivity contribution in [3.63, 3.8) is 0 Å². The van der Waals surface area contributed by atoms with Crippen LogP contribution in [-0.2, 0) is 16.1 Å². The van der Waals surface area contributed by atoms with Gasteiger partial charge in [-0.3, -0.25) is 9.59 Å². The van der Waals surface area contributed by atoms with Gasteiger partial charge in [-0.2, -0.15) is 0 Å². The number of carbonyl (C=O) groups excluding carboxylic acids is 2. The molecule has 7 heteroatoms. The number of ether oxygens (including phenoxy) is 2. The smallest absolute Gasteiger partial charge is 0.309 e. The summed E-state index contributed by atoms with van der Waals surface area (Å²) >= 11 is 0. The van der Waals surface area contributed by atoms with Gasteiger partial charge < -0.3 is 25.0 Å². The van der Waals surface area contributed by atoms with Gasteiger partial charge in [0.15, 0.2) is 11.5 Å². The van der Waals surface area contributed by atoms with Crippen LogP contribution in [0.4, 0.5) is 0 Å². The number of likely N-dealkylation sites (N-methyl/N-ethyl adjacent to an activating group) is 1. The number of hydrogen-bond donors (Lipinski definition) is 2. The number of amides is 2. The fourth-order valence-corrected chi connectivity index (χ4v) is 2.97. The minimum absolute atomic E-state index is 0.0220. The van der Waals surface area contributed by atoms with Crippen molar-refractivity contribution in [3.8, 4) is 11.5 Å². The maximum atomic E-state index is 12.2. The predicted octanol–water partition coefficient (Wildman–Crippen LogP) is 1.76. The minimum atomic E-state index is -0.668. The van der Waals surface area contributed by atoms with E-state index in [0.717, 1.165) is 11.1 Å². The Morgan fingerprint density at radius 1 is 1.00 bits per heavy atom. The molecule has 0 unspecified atom stereocenters. The van der Waals surface area contributed by atoms with Gasteiger partial charge in [-0.25, -0.2) is 0 Å². The molecule has 1 aliphatic heterocycles. The van der Waals surface area contributed by atoms with Crippen molar-refractivity contribution in [1.29, 1.82) is 0 Å². The van der Waals surface area contributed by atoms with Crippen molar-refractivity contribution in [2.75, 3.05) is 27.4 Å². The molecular formula is C21H25N3O4. The predicted molar refractivity (Wildman–Crippen MR) is 105 cm³/mol. The highest BCUT2D eigenvalue weighted by Gasteiger charge is 2.19. The van der Waals surface area contributed by atoms with Crippen LogP contribution in [0.1, 0.15) is 22.7 Å². The maximum absolute atomic E-state index is 12.2. The van der Waals surface area contributed by atoms with Gasteiger partial charge in [-0.05, 0) is 44.3 Å². The average Bonchev–Trinajstić information content (AvgIpc) is 3.15. The van der Waals surface area contributed by atoms with Gasteiger partial charge in [0.25, 0.3) is 0 Å². The lowest BCUT2D eigenvalue weighted by Gasteiger charge is -2.25. The number of nitrogens with zero attached hydrogens (tertiary/aromatic N) is 1. The molecule has 0 fully saturated rings. The summed E-state index contributed by atoms with van der Waals surface area (Å²) in [7, 11) is 3.88. The van der Waals surface area contributed by atoms with Crippen molar-refractivity contribution >= 4 is 11.8 Å². The summed E-state index contributed by atoms with van der Waals surface area (Å²) in [5.41, 5.74) is 3.08. The molecule has 0 aromatic heterocycles. The maximum Gasteiger partial charge on any atom is 0.309 e. The van der Waals surface area contributed by atoms with E-state index in [4.69, 9.17) is 9.47 Å². The van der Waals surface area contributed by atoms with E-state index in [9.17, 15) is 9.59 Å². The third-order valence-electron chi connectivity index (χ3n) is 4.64. The summed E-state index contributed by atoms with van der Waals surface area (Å²) in [6, 6.07) is 13.5. The van der Waals surface area contributed by atoms with Crippen molar-refractivity contribution in [2.45, 2.75) is 19.5 Å². The van der Waals surface area contributed by atoms with Crippen molar-refractivity contribution < 1.29 is 19.1 Å². The van der Waals surface area contributed by atoms with Crippen LogP contribution in [0, 0.1) is 6.92 Å². The van der Waals surface area contributed by atoms with Crippen LogP contribution in [0.15, 0.2) is 42.5 Å². The second-order valence-electron chi connectivity index (χ2n) is 6.97. The second-order valence-corrected chi connectivity index (χ2v) is 6.97. The van der Waals surface area contributed by atoms with E-state index < -0.39 is 11.8 Å². The number of rotatable bonds is 6. The zero-order valence-electron chi connectivity index (χ0n) is 16.3. The molecular weight excluding hydrogens is 358 g/mol. The molecule has 2 amide bonds. The standard InChI is InChI=1S/C21H25N3O4/c1-14-4-7-16(8-5-14)17(24(2)3)12-23-21(26)20(25)22-11-15-6-9-18-19(10-15)28-13-27-18/h4-10,17H,11-13H2,1-3H3,(H,22,25)(H,23,26)/t17-/m0/s1. The van der Waals surface area contributed by atoms with Crippen LogP contribution in [0.2, 0.25) is 0 Å². The molecule has 28 heavy (non-hydrogen) atoms. The lowest BCUT2D eigenvalue weighted by Crippen LogP contribution is -2.42. The summed E-state index contributed by atoms with van der Waals surface area (Å²) < 4.78 is 10.6. The number of aryl methyl sites for hydroxylation is 1. The Labute approximate surface area is 164 Å². The molecule has 0 bridgehead atoms. The molecule has 0 saturated carbocycles. The molecule has 0 saturated heterocycles. The van der Waals surface area contributed by atoms with Gasteiger partial charge in [0.1, 0.15) is 0 Å². The van der Waals surface area contributed by atoms with Gasteiger partial charge in [-0.15, -0.1) is 0 Å². The van der Waals surface area contributed by atoms with E-state index in [1.165, 1.54) is 5.56 Å². The monoisotopic (exact) mass is 383 g/mol. The topological polar surface area (TPSA) is 79.9 Å². The molecule has 2 aromatic rings. The average molecular weight is 383 g/mol. The molecule has 1 atom stereocenters. The Morgan fingerprint density at radius 3 is 2.39 bits per heavy atom. The normalized spacial score (nSPS) is 13.3. The zero-order chi connectivity index (χ0) is 20.1. The lowest BCUT2D eigenvalue weighted by molar-refractivity contribution is -0.139. The molecule has 1 heterocycles. The van der Waals surface area contributed by atoms with Gasteiger partial charge in [-0.1, -0.05) is 35.9 Å². The van der Waals surface area contributed by atoms with Crippen molar-refractivity contribution in [2.24, 2.45) is 0 Å². The largest absolute Gasteiger partial charge is 0.454 e. The molecule has 1 aliphatic rings. The third-order valence-corrected chi connectivity index (χ3v) is 4.64. The SMILES string of the molecule is Cc1ccc([C@H](CNC(=O)C(=O)NCc2ccc3c(c2)OCO3)N(C)C)cc1. The molecule has 7 nitrogen and oxygen atoms in total. The first-order valence-corrected chi connectivity index (χ1v) is 9.11. The van der Waals surface area contributed by atoms with Crippen LogP contribution in [0.5, 0.6) is 11.5 Å². The van der Waals surface area contributed by atoms with Crippen molar-refractivity contribution in [1.82, 2.24) is 15.5 Å². The summed E-state index contributed by atoms with van der Waals surface area (Å²) in [6.07, 6.45) is 0. The minimum Gasteiger partial charge on any atom is -0.454 e.